The number of anilines is 1. The lowest BCUT2D eigenvalue weighted by atomic mass is 10.0. The zero-order valence-electron chi connectivity index (χ0n) is 16.8. The lowest BCUT2D eigenvalue weighted by molar-refractivity contribution is -0.113. The Kier molecular flexibility index (Phi) is 6.70. The van der Waals surface area contributed by atoms with Crippen LogP contribution in [0.2, 0.25) is 5.02 Å². The average molecular weight is 449 g/mol. The van der Waals surface area contributed by atoms with Gasteiger partial charge in [-0.15, -0.1) is 16.8 Å². The number of fused-ring (bicyclic) bond motifs is 1. The number of hydrogen-bond donors (Lipinski definition) is 1. The molecule has 5 nitrogen and oxygen atoms in total. The number of nitrogens with zero attached hydrogens (tertiary/aromatic N) is 3. The van der Waals surface area contributed by atoms with Crippen LogP contribution in [0.5, 0.6) is 0 Å². The van der Waals surface area contributed by atoms with Crippen molar-refractivity contribution < 1.29 is 4.79 Å². The predicted molar refractivity (Wildman–Crippen MR) is 128 cm³/mol. The smallest absolute Gasteiger partial charge is 0.234 e. The molecule has 1 aromatic heterocycles. The second-order valence-corrected chi connectivity index (χ2v) is 8.28. The highest BCUT2D eigenvalue weighted by Gasteiger charge is 2.15. The molecule has 0 radical (unpaired) electrons. The van der Waals surface area contributed by atoms with Crippen LogP contribution in [0.25, 0.3) is 10.8 Å². The Labute approximate surface area is 190 Å². The molecular weight excluding hydrogens is 428 g/mol. The van der Waals surface area contributed by atoms with Gasteiger partial charge in [0, 0.05) is 13.0 Å². The standard InChI is InChI=1S/C24H21ClN4OS/c1-2-14-29-22(15-18-10-7-9-17-8-3-4-11-19(17)18)27-28-24(29)31-16-23(30)26-21-13-6-5-12-20(21)25/h2-13H,1,14-16H2,(H,26,30). The molecule has 0 spiro atoms. The van der Waals surface area contributed by atoms with Crippen molar-refractivity contribution in [3.63, 3.8) is 0 Å². The minimum absolute atomic E-state index is 0.151. The molecule has 0 saturated heterocycles. The van der Waals surface area contributed by atoms with Gasteiger partial charge in [-0.3, -0.25) is 4.79 Å². The molecule has 7 heteroatoms. The van der Waals surface area contributed by atoms with Gasteiger partial charge in [0.15, 0.2) is 5.16 Å². The Hall–Kier alpha value is -3.09. The van der Waals surface area contributed by atoms with Gasteiger partial charge >= 0.3 is 0 Å². The number of aromatic nitrogens is 3. The molecule has 0 aliphatic heterocycles. The van der Waals surface area contributed by atoms with Gasteiger partial charge in [-0.25, -0.2) is 0 Å². The zero-order chi connectivity index (χ0) is 21.6. The number of nitrogens with one attached hydrogen (secondary N) is 1. The first-order valence-electron chi connectivity index (χ1n) is 9.82. The molecule has 0 atom stereocenters. The van der Waals surface area contributed by atoms with Gasteiger partial charge < -0.3 is 9.88 Å². The topological polar surface area (TPSA) is 59.8 Å². The molecule has 1 amide bonds. The Morgan fingerprint density at radius 2 is 1.84 bits per heavy atom. The van der Waals surface area contributed by atoms with Crippen LogP contribution < -0.4 is 5.32 Å². The molecule has 31 heavy (non-hydrogen) atoms. The third-order valence-corrected chi connectivity index (χ3v) is 6.11. The van der Waals surface area contributed by atoms with E-state index in [1.807, 2.05) is 34.9 Å². The van der Waals surface area contributed by atoms with Crippen molar-refractivity contribution in [2.45, 2.75) is 18.1 Å². The molecule has 1 N–H and O–H groups in total. The Bertz CT molecular complexity index is 1230. The van der Waals surface area contributed by atoms with Crippen LogP contribution in [0.1, 0.15) is 11.4 Å². The minimum Gasteiger partial charge on any atom is -0.324 e. The van der Waals surface area contributed by atoms with E-state index < -0.39 is 0 Å². The third-order valence-electron chi connectivity index (χ3n) is 4.81. The highest BCUT2D eigenvalue weighted by molar-refractivity contribution is 7.99. The average Bonchev–Trinajstić information content (AvgIpc) is 3.16. The lowest BCUT2D eigenvalue weighted by Gasteiger charge is -2.10. The summed E-state index contributed by atoms with van der Waals surface area (Å²) in [5.74, 6) is 0.890. The van der Waals surface area contributed by atoms with Crippen molar-refractivity contribution in [1.82, 2.24) is 14.8 Å². The summed E-state index contributed by atoms with van der Waals surface area (Å²) < 4.78 is 2.00. The van der Waals surface area contributed by atoms with Crippen molar-refractivity contribution in [3.05, 3.63) is 95.8 Å². The van der Waals surface area contributed by atoms with Crippen LogP contribution in [-0.2, 0) is 17.8 Å². The van der Waals surface area contributed by atoms with Gasteiger partial charge in [0.25, 0.3) is 0 Å². The summed E-state index contributed by atoms with van der Waals surface area (Å²) in [6, 6.07) is 21.7. The zero-order valence-corrected chi connectivity index (χ0v) is 18.4. The number of halogens is 1. The molecule has 3 aromatic carbocycles. The highest BCUT2D eigenvalue weighted by atomic mass is 35.5. The summed E-state index contributed by atoms with van der Waals surface area (Å²) in [6.45, 7) is 4.43. The van der Waals surface area contributed by atoms with E-state index in [1.54, 1.807) is 12.1 Å². The van der Waals surface area contributed by atoms with Crippen molar-refractivity contribution in [1.29, 1.82) is 0 Å². The van der Waals surface area contributed by atoms with E-state index in [2.05, 4.69) is 52.4 Å². The first kappa shape index (κ1) is 21.2. The summed E-state index contributed by atoms with van der Waals surface area (Å²) in [6.07, 6.45) is 2.46. The summed E-state index contributed by atoms with van der Waals surface area (Å²) >= 11 is 7.46. The van der Waals surface area contributed by atoms with E-state index >= 15 is 0 Å². The van der Waals surface area contributed by atoms with E-state index in [-0.39, 0.29) is 11.7 Å². The fraction of sp³-hybridized carbons (Fsp3) is 0.125. The monoisotopic (exact) mass is 448 g/mol. The number of amides is 1. The molecule has 4 aromatic rings. The number of carbonyl (C=O) groups is 1. The molecular formula is C24H21ClN4OS. The van der Waals surface area contributed by atoms with Crippen molar-refractivity contribution in [3.8, 4) is 0 Å². The van der Waals surface area contributed by atoms with Crippen LogP contribution in [0, 0.1) is 0 Å². The van der Waals surface area contributed by atoms with E-state index in [0.717, 1.165) is 5.82 Å². The minimum atomic E-state index is -0.151. The first-order chi connectivity index (χ1) is 15.2. The van der Waals surface area contributed by atoms with Gasteiger partial charge in [0.05, 0.1) is 16.5 Å². The quantitative estimate of drug-likeness (QED) is 0.282. The van der Waals surface area contributed by atoms with E-state index in [4.69, 9.17) is 11.6 Å². The highest BCUT2D eigenvalue weighted by Crippen LogP contribution is 2.24. The Balaban J connectivity index is 1.50. The molecule has 0 saturated carbocycles. The number of allylic oxidation sites excluding steroid dienone is 1. The molecule has 0 bridgehead atoms. The maximum Gasteiger partial charge on any atom is 0.234 e. The molecule has 4 rings (SSSR count). The third kappa shape index (κ3) is 4.98. The van der Waals surface area contributed by atoms with Crippen molar-refractivity contribution in [2.75, 3.05) is 11.1 Å². The molecule has 1 heterocycles. The number of para-hydroxylation sites is 1. The number of carbonyl (C=O) groups excluding carboxylic acids is 1. The summed E-state index contributed by atoms with van der Waals surface area (Å²) in [7, 11) is 0. The van der Waals surface area contributed by atoms with Crippen LogP contribution in [0.4, 0.5) is 5.69 Å². The maximum atomic E-state index is 12.4. The fourth-order valence-electron chi connectivity index (χ4n) is 3.36. The number of thioether (sulfide) groups is 1. The van der Waals surface area contributed by atoms with Crippen LogP contribution in [0.15, 0.2) is 84.5 Å². The number of benzene rings is 3. The van der Waals surface area contributed by atoms with Gasteiger partial charge in [0.2, 0.25) is 5.91 Å². The molecule has 156 valence electrons. The van der Waals surface area contributed by atoms with Crippen molar-refractivity contribution >= 4 is 45.7 Å². The van der Waals surface area contributed by atoms with Gasteiger partial charge in [-0.1, -0.05) is 84.0 Å². The lowest BCUT2D eigenvalue weighted by Crippen LogP contribution is -2.15. The van der Waals surface area contributed by atoms with Crippen LogP contribution in [-0.4, -0.2) is 26.4 Å². The summed E-state index contributed by atoms with van der Waals surface area (Å²) in [4.78, 5) is 12.4. The van der Waals surface area contributed by atoms with Crippen LogP contribution in [0.3, 0.4) is 0 Å². The molecule has 0 aliphatic rings. The summed E-state index contributed by atoms with van der Waals surface area (Å²) in [5.41, 5.74) is 1.78. The van der Waals surface area contributed by atoms with Crippen LogP contribution >= 0.6 is 23.4 Å². The summed E-state index contributed by atoms with van der Waals surface area (Å²) in [5, 5.41) is 15.2. The maximum absolute atomic E-state index is 12.4. The fourth-order valence-corrected chi connectivity index (χ4v) is 4.31. The molecule has 0 aliphatic carbocycles. The van der Waals surface area contributed by atoms with Gasteiger partial charge in [0.1, 0.15) is 5.82 Å². The van der Waals surface area contributed by atoms with Crippen molar-refractivity contribution in [2.24, 2.45) is 0 Å². The predicted octanol–water partition coefficient (Wildman–Crippen LogP) is 5.59. The van der Waals surface area contributed by atoms with Gasteiger partial charge in [-0.2, -0.15) is 0 Å². The SMILES string of the molecule is C=CCn1c(Cc2cccc3ccccc23)nnc1SCC(=O)Nc1ccccc1Cl. The second kappa shape index (κ2) is 9.81. The first-order valence-corrected chi connectivity index (χ1v) is 11.2. The Morgan fingerprint density at radius 3 is 2.68 bits per heavy atom. The molecule has 0 fully saturated rings. The number of hydrogen-bond acceptors (Lipinski definition) is 4. The van der Waals surface area contributed by atoms with E-state index in [1.165, 1.54) is 28.1 Å². The van der Waals surface area contributed by atoms with Gasteiger partial charge in [-0.05, 0) is 28.5 Å². The van der Waals surface area contributed by atoms with E-state index in [9.17, 15) is 4.79 Å². The molecule has 0 unspecified atom stereocenters. The largest absolute Gasteiger partial charge is 0.324 e. The normalized spacial score (nSPS) is 10.9. The second-order valence-electron chi connectivity index (χ2n) is 6.93. The van der Waals surface area contributed by atoms with E-state index in [0.29, 0.717) is 28.8 Å². The number of rotatable bonds is 8. The Morgan fingerprint density at radius 1 is 1.06 bits per heavy atom.